The van der Waals surface area contributed by atoms with E-state index >= 15 is 0 Å². The van der Waals surface area contributed by atoms with Crippen molar-refractivity contribution in [3.63, 3.8) is 0 Å². The Balaban J connectivity index is 2.04. The predicted molar refractivity (Wildman–Crippen MR) is 56.4 cm³/mol. The molecule has 1 aromatic heterocycles. The van der Waals surface area contributed by atoms with E-state index in [9.17, 15) is 4.79 Å². The molecule has 4 heteroatoms. The summed E-state index contributed by atoms with van der Waals surface area (Å²) in [6.45, 7) is 0.288. The van der Waals surface area contributed by atoms with Crippen molar-refractivity contribution in [3.05, 3.63) is 54.0 Å². The summed E-state index contributed by atoms with van der Waals surface area (Å²) in [5.41, 5.74) is 0.206. The quantitative estimate of drug-likeness (QED) is 0.856. The topological polar surface area (TPSA) is 59.7 Å². The number of carboxylic acids is 1. The SMILES string of the molecule is O=C(O)c1cccc(OCc2ccco2)c1. The Morgan fingerprint density at radius 1 is 1.31 bits per heavy atom. The number of ether oxygens (including phenoxy) is 1. The van der Waals surface area contributed by atoms with Crippen molar-refractivity contribution in [2.45, 2.75) is 6.61 Å². The number of aromatic carboxylic acids is 1. The largest absolute Gasteiger partial charge is 0.486 e. The highest BCUT2D eigenvalue weighted by molar-refractivity contribution is 5.87. The summed E-state index contributed by atoms with van der Waals surface area (Å²) >= 11 is 0. The molecule has 1 heterocycles. The Bertz CT molecular complexity index is 474. The molecule has 0 saturated carbocycles. The average molecular weight is 218 g/mol. The van der Waals surface area contributed by atoms with E-state index < -0.39 is 5.97 Å². The molecular formula is C12H10O4. The minimum absolute atomic E-state index is 0.206. The van der Waals surface area contributed by atoms with Gasteiger partial charge in [-0.15, -0.1) is 0 Å². The lowest BCUT2D eigenvalue weighted by atomic mass is 10.2. The van der Waals surface area contributed by atoms with E-state index in [0.29, 0.717) is 11.5 Å². The number of rotatable bonds is 4. The summed E-state index contributed by atoms with van der Waals surface area (Å²) in [7, 11) is 0. The van der Waals surface area contributed by atoms with Gasteiger partial charge in [-0.25, -0.2) is 4.79 Å². The van der Waals surface area contributed by atoms with Gasteiger partial charge in [0.25, 0.3) is 0 Å². The molecule has 16 heavy (non-hydrogen) atoms. The van der Waals surface area contributed by atoms with E-state index in [0.717, 1.165) is 0 Å². The highest BCUT2D eigenvalue weighted by atomic mass is 16.5. The van der Waals surface area contributed by atoms with Gasteiger partial charge in [-0.3, -0.25) is 0 Å². The molecule has 0 unspecified atom stereocenters. The average Bonchev–Trinajstić information content (AvgIpc) is 2.79. The van der Waals surface area contributed by atoms with Crippen molar-refractivity contribution < 1.29 is 19.1 Å². The molecule has 0 atom stereocenters. The molecule has 0 fully saturated rings. The van der Waals surface area contributed by atoms with E-state index in [1.54, 1.807) is 30.5 Å². The first-order valence-electron chi connectivity index (χ1n) is 4.74. The van der Waals surface area contributed by atoms with Crippen LogP contribution in [0.5, 0.6) is 5.75 Å². The van der Waals surface area contributed by atoms with Crippen LogP contribution in [0.3, 0.4) is 0 Å². The summed E-state index contributed by atoms with van der Waals surface area (Å²) < 4.78 is 10.5. The zero-order valence-electron chi connectivity index (χ0n) is 8.42. The molecule has 2 aromatic rings. The molecule has 0 amide bonds. The van der Waals surface area contributed by atoms with Gasteiger partial charge in [0.15, 0.2) is 0 Å². The number of hydrogen-bond donors (Lipinski definition) is 1. The predicted octanol–water partition coefficient (Wildman–Crippen LogP) is 2.56. The standard InChI is InChI=1S/C12H10O4/c13-12(14)9-3-1-4-10(7-9)16-8-11-5-2-6-15-11/h1-7H,8H2,(H,13,14). The molecule has 0 radical (unpaired) electrons. The summed E-state index contributed by atoms with van der Waals surface area (Å²) in [4.78, 5) is 10.7. The molecule has 0 aliphatic carbocycles. The fraction of sp³-hybridized carbons (Fsp3) is 0.0833. The number of furan rings is 1. The third-order valence-corrected chi connectivity index (χ3v) is 2.04. The van der Waals surface area contributed by atoms with Gasteiger partial charge in [0.05, 0.1) is 11.8 Å². The second kappa shape index (κ2) is 4.53. The summed E-state index contributed by atoms with van der Waals surface area (Å²) in [6.07, 6.45) is 1.56. The van der Waals surface area contributed by atoms with Gasteiger partial charge in [-0.05, 0) is 30.3 Å². The van der Waals surface area contributed by atoms with Crippen molar-refractivity contribution in [1.82, 2.24) is 0 Å². The molecule has 0 aliphatic rings. The summed E-state index contributed by atoms with van der Waals surface area (Å²) in [5.74, 6) is 0.237. The molecule has 0 bridgehead atoms. The molecule has 4 nitrogen and oxygen atoms in total. The second-order valence-corrected chi connectivity index (χ2v) is 3.20. The minimum atomic E-state index is -0.969. The van der Waals surface area contributed by atoms with E-state index in [4.69, 9.17) is 14.3 Å². The number of benzene rings is 1. The minimum Gasteiger partial charge on any atom is -0.486 e. The van der Waals surface area contributed by atoms with Crippen LogP contribution in [0.15, 0.2) is 47.1 Å². The van der Waals surface area contributed by atoms with Crippen LogP contribution in [-0.2, 0) is 6.61 Å². The first kappa shape index (κ1) is 10.3. The Labute approximate surface area is 92.1 Å². The molecular weight excluding hydrogens is 208 g/mol. The van der Waals surface area contributed by atoms with Crippen LogP contribution >= 0.6 is 0 Å². The monoisotopic (exact) mass is 218 g/mol. The highest BCUT2D eigenvalue weighted by Crippen LogP contribution is 2.15. The van der Waals surface area contributed by atoms with Crippen LogP contribution in [0.4, 0.5) is 0 Å². The molecule has 1 aromatic carbocycles. The summed E-state index contributed by atoms with van der Waals surface area (Å²) in [5, 5.41) is 8.79. The molecule has 0 aliphatic heterocycles. The molecule has 0 saturated heterocycles. The van der Waals surface area contributed by atoms with Gasteiger partial charge < -0.3 is 14.3 Å². The number of hydrogen-bond acceptors (Lipinski definition) is 3. The Kier molecular flexibility index (Phi) is 2.91. The second-order valence-electron chi connectivity index (χ2n) is 3.20. The third kappa shape index (κ3) is 2.42. The van der Waals surface area contributed by atoms with Crippen molar-refractivity contribution in [2.75, 3.05) is 0 Å². The van der Waals surface area contributed by atoms with Gasteiger partial charge in [0.2, 0.25) is 0 Å². The lowest BCUT2D eigenvalue weighted by Gasteiger charge is -2.04. The normalized spacial score (nSPS) is 10.0. The Hall–Kier alpha value is -2.23. The fourth-order valence-electron chi connectivity index (χ4n) is 1.27. The van der Waals surface area contributed by atoms with E-state index in [1.165, 1.54) is 12.1 Å². The van der Waals surface area contributed by atoms with E-state index in [2.05, 4.69) is 0 Å². The summed E-state index contributed by atoms with van der Waals surface area (Å²) in [6, 6.07) is 9.90. The Morgan fingerprint density at radius 3 is 2.88 bits per heavy atom. The van der Waals surface area contributed by atoms with E-state index in [1.807, 2.05) is 0 Å². The molecule has 0 spiro atoms. The van der Waals surface area contributed by atoms with Gasteiger partial charge in [-0.1, -0.05) is 6.07 Å². The van der Waals surface area contributed by atoms with Crippen molar-refractivity contribution in [1.29, 1.82) is 0 Å². The van der Waals surface area contributed by atoms with Gasteiger partial charge in [0, 0.05) is 0 Å². The highest BCUT2D eigenvalue weighted by Gasteiger charge is 2.04. The van der Waals surface area contributed by atoms with Crippen LogP contribution in [-0.4, -0.2) is 11.1 Å². The van der Waals surface area contributed by atoms with Gasteiger partial charge in [0.1, 0.15) is 18.1 Å². The van der Waals surface area contributed by atoms with Gasteiger partial charge >= 0.3 is 5.97 Å². The maximum Gasteiger partial charge on any atom is 0.335 e. The number of carboxylic acid groups (broad SMARTS) is 1. The van der Waals surface area contributed by atoms with Crippen molar-refractivity contribution >= 4 is 5.97 Å². The number of carbonyl (C=O) groups is 1. The fourth-order valence-corrected chi connectivity index (χ4v) is 1.27. The molecule has 1 N–H and O–H groups in total. The van der Waals surface area contributed by atoms with Crippen molar-refractivity contribution in [2.24, 2.45) is 0 Å². The van der Waals surface area contributed by atoms with Crippen LogP contribution in [0.1, 0.15) is 16.1 Å². The molecule has 2 rings (SSSR count). The zero-order valence-corrected chi connectivity index (χ0v) is 8.42. The zero-order chi connectivity index (χ0) is 11.4. The van der Waals surface area contributed by atoms with Crippen LogP contribution in [0.2, 0.25) is 0 Å². The maximum absolute atomic E-state index is 10.7. The molecule has 82 valence electrons. The van der Waals surface area contributed by atoms with Crippen LogP contribution in [0, 0.1) is 0 Å². The van der Waals surface area contributed by atoms with Crippen LogP contribution in [0.25, 0.3) is 0 Å². The third-order valence-electron chi connectivity index (χ3n) is 2.04. The van der Waals surface area contributed by atoms with E-state index in [-0.39, 0.29) is 12.2 Å². The maximum atomic E-state index is 10.7. The van der Waals surface area contributed by atoms with Crippen molar-refractivity contribution in [3.8, 4) is 5.75 Å². The smallest absolute Gasteiger partial charge is 0.335 e. The first-order valence-corrected chi connectivity index (χ1v) is 4.74. The lowest BCUT2D eigenvalue weighted by Crippen LogP contribution is -1.98. The first-order chi connectivity index (χ1) is 7.75. The van der Waals surface area contributed by atoms with Crippen LogP contribution < -0.4 is 4.74 Å². The lowest BCUT2D eigenvalue weighted by molar-refractivity contribution is 0.0696. The van der Waals surface area contributed by atoms with Gasteiger partial charge in [-0.2, -0.15) is 0 Å². The Morgan fingerprint density at radius 2 is 2.19 bits per heavy atom.